The molecule has 1 heterocycles. The van der Waals surface area contributed by atoms with Crippen LogP contribution in [0.2, 0.25) is 5.02 Å². The highest BCUT2D eigenvalue weighted by Gasteiger charge is 2.14. The molecule has 0 spiro atoms. The average molecular weight is 575 g/mol. The third-order valence-corrected chi connectivity index (χ3v) is 7.18. The molecule has 1 fully saturated rings. The molecule has 1 aromatic heterocycles. The summed E-state index contributed by atoms with van der Waals surface area (Å²) in [7, 11) is 5.07. The highest BCUT2D eigenvalue weighted by molar-refractivity contribution is 6.31. The van der Waals surface area contributed by atoms with Crippen molar-refractivity contribution in [2.45, 2.75) is 72.1 Å². The number of phenolic OH excluding ortho intramolecular Hbond substituents is 1. The Morgan fingerprint density at radius 1 is 1.23 bits per heavy atom. The van der Waals surface area contributed by atoms with Crippen LogP contribution in [0.3, 0.4) is 0 Å². The lowest BCUT2D eigenvalue weighted by Crippen LogP contribution is -2.27. The molecule has 40 heavy (non-hydrogen) atoms. The van der Waals surface area contributed by atoms with Crippen molar-refractivity contribution in [1.82, 2.24) is 14.9 Å². The number of aromatic nitrogens is 2. The highest BCUT2D eigenvalue weighted by atomic mass is 35.5. The maximum Gasteiger partial charge on any atom is 0.224 e. The number of rotatable bonds is 7. The fourth-order valence-corrected chi connectivity index (χ4v) is 4.62. The number of hydrogen-bond donors (Lipinski definition) is 2. The number of aromatic hydroxyl groups is 1. The van der Waals surface area contributed by atoms with Gasteiger partial charge in [0.25, 0.3) is 0 Å². The van der Waals surface area contributed by atoms with Crippen LogP contribution in [0.1, 0.15) is 72.1 Å². The van der Waals surface area contributed by atoms with Gasteiger partial charge >= 0.3 is 0 Å². The molecule has 1 atom stereocenters. The predicted molar refractivity (Wildman–Crippen MR) is 162 cm³/mol. The number of carbonyl (C=O) groups excluding carboxylic acids is 1. The topological polar surface area (TPSA) is 87.6 Å². The van der Waals surface area contributed by atoms with Gasteiger partial charge in [-0.05, 0) is 30.5 Å². The number of fused-ring (bicyclic) bond motifs is 1. The molecule has 3 aromatic rings. The van der Waals surface area contributed by atoms with Crippen molar-refractivity contribution in [2.75, 3.05) is 26.5 Å². The Morgan fingerprint density at radius 2 is 1.93 bits per heavy atom. The number of amides is 1. The van der Waals surface area contributed by atoms with Crippen molar-refractivity contribution < 1.29 is 19.0 Å². The van der Waals surface area contributed by atoms with Crippen LogP contribution in [0.5, 0.6) is 11.5 Å². The number of ether oxygens (including phenoxy) is 1. The molecule has 4 rings (SSSR count). The Hall–Kier alpha value is -3.13. The van der Waals surface area contributed by atoms with Crippen LogP contribution in [-0.4, -0.2) is 47.1 Å². The largest absolute Gasteiger partial charge is 0.504 e. The maximum atomic E-state index is 14.0. The number of nitrogens with zero attached hydrogens (tertiary/aromatic N) is 3. The third-order valence-electron chi connectivity index (χ3n) is 6.89. The molecule has 9 heteroatoms. The number of nitrogens with one attached hydrogen (secondary N) is 1. The summed E-state index contributed by atoms with van der Waals surface area (Å²) in [6, 6.07) is 7.65. The average Bonchev–Trinajstić information content (AvgIpc) is 2.94. The molecular weight excluding hydrogens is 531 g/mol. The normalized spacial score (nSPS) is 13.8. The van der Waals surface area contributed by atoms with Gasteiger partial charge in [0.05, 0.1) is 23.3 Å². The number of anilines is 2. The van der Waals surface area contributed by atoms with Crippen LogP contribution < -0.4 is 10.1 Å². The molecule has 0 saturated heterocycles. The van der Waals surface area contributed by atoms with Crippen LogP contribution in [0, 0.1) is 17.7 Å². The minimum Gasteiger partial charge on any atom is -0.504 e. The lowest BCUT2D eigenvalue weighted by atomic mass is 9.91. The molecule has 2 N–H and O–H groups in total. The molecule has 0 unspecified atom stereocenters. The molecule has 1 aliphatic carbocycles. The Morgan fingerprint density at radius 3 is 2.50 bits per heavy atom. The molecule has 7 nitrogen and oxygen atoms in total. The van der Waals surface area contributed by atoms with Gasteiger partial charge in [0.2, 0.25) is 5.91 Å². The lowest BCUT2D eigenvalue weighted by Gasteiger charge is -2.15. The highest BCUT2D eigenvalue weighted by Crippen LogP contribution is 2.34. The standard InChI is InChI=1S/C15H11ClFN3O2.C9H19NO.C7H14/c1-22-13-6-11-8(5-12(13)21)15(19-7-18-11)20-10-4-2-3-9(16)14(10)17;1-5-6-7-8(2)9(11)10(3)4;1-7-5-3-2-4-6-7/h2-7,21H,1H3,(H,18,19,20);8H,5-7H2,1-4H3;7H,2-6H2,1H3/t;8-;/m.1./s1. The van der Waals surface area contributed by atoms with Crippen LogP contribution in [-0.2, 0) is 4.79 Å². The molecule has 220 valence electrons. The van der Waals surface area contributed by atoms with Crippen molar-refractivity contribution in [1.29, 1.82) is 0 Å². The second kappa shape index (κ2) is 16.9. The van der Waals surface area contributed by atoms with Gasteiger partial charge in [-0.15, -0.1) is 0 Å². The van der Waals surface area contributed by atoms with E-state index in [1.54, 1.807) is 23.1 Å². The van der Waals surface area contributed by atoms with Crippen molar-refractivity contribution in [3.8, 4) is 11.5 Å². The molecule has 0 radical (unpaired) electrons. The summed E-state index contributed by atoms with van der Waals surface area (Å²) in [5.41, 5.74) is 0.734. The zero-order chi connectivity index (χ0) is 29.7. The zero-order valence-electron chi connectivity index (χ0n) is 24.6. The van der Waals surface area contributed by atoms with Gasteiger partial charge in [-0.2, -0.15) is 0 Å². The Bertz CT molecular complexity index is 1220. The Labute approximate surface area is 243 Å². The van der Waals surface area contributed by atoms with Crippen LogP contribution >= 0.6 is 11.6 Å². The molecule has 1 amide bonds. The van der Waals surface area contributed by atoms with Crippen molar-refractivity contribution >= 4 is 39.9 Å². The summed E-state index contributed by atoms with van der Waals surface area (Å²) in [5.74, 6) is 1.50. The van der Waals surface area contributed by atoms with Gasteiger partial charge in [-0.1, -0.05) is 83.4 Å². The first-order valence-corrected chi connectivity index (χ1v) is 14.4. The molecule has 0 aliphatic heterocycles. The van der Waals surface area contributed by atoms with Crippen LogP contribution in [0.25, 0.3) is 10.9 Å². The monoisotopic (exact) mass is 574 g/mol. The number of hydrogen-bond acceptors (Lipinski definition) is 6. The van der Waals surface area contributed by atoms with Crippen LogP contribution in [0.15, 0.2) is 36.7 Å². The fraction of sp³-hybridized carbons (Fsp3) is 0.516. The van der Waals surface area contributed by atoms with E-state index in [-0.39, 0.29) is 28.3 Å². The van der Waals surface area contributed by atoms with Gasteiger partial charge in [-0.3, -0.25) is 4.79 Å². The summed E-state index contributed by atoms with van der Waals surface area (Å²) < 4.78 is 19.0. The van der Waals surface area contributed by atoms with E-state index in [1.165, 1.54) is 64.1 Å². The quantitative estimate of drug-likeness (QED) is 0.295. The van der Waals surface area contributed by atoms with Crippen LogP contribution in [0.4, 0.5) is 15.9 Å². The van der Waals surface area contributed by atoms with E-state index in [4.69, 9.17) is 16.3 Å². The molecule has 2 aromatic carbocycles. The van der Waals surface area contributed by atoms with Gasteiger partial charge in [0, 0.05) is 31.5 Å². The van der Waals surface area contributed by atoms with Gasteiger partial charge in [0.1, 0.15) is 12.1 Å². The Kier molecular flexibility index (Phi) is 13.9. The molecular formula is C31H44ClFN4O3. The van der Waals surface area contributed by atoms with E-state index >= 15 is 0 Å². The summed E-state index contributed by atoms with van der Waals surface area (Å²) in [5, 5.41) is 13.3. The molecule has 0 bridgehead atoms. The first kappa shape index (κ1) is 33.1. The number of phenols is 1. The molecule has 1 saturated carbocycles. The first-order chi connectivity index (χ1) is 19.1. The van der Waals surface area contributed by atoms with E-state index < -0.39 is 5.82 Å². The predicted octanol–water partition coefficient (Wildman–Crippen LogP) is 8.37. The maximum absolute atomic E-state index is 14.0. The number of methoxy groups -OCH3 is 1. The van der Waals surface area contributed by atoms with E-state index in [0.717, 1.165) is 18.8 Å². The van der Waals surface area contributed by atoms with Gasteiger partial charge in [-0.25, -0.2) is 14.4 Å². The first-order valence-electron chi connectivity index (χ1n) is 14.0. The minimum absolute atomic E-state index is 0.00729. The van der Waals surface area contributed by atoms with Crippen molar-refractivity contribution in [3.63, 3.8) is 0 Å². The van der Waals surface area contributed by atoms with E-state index in [9.17, 15) is 14.3 Å². The minimum atomic E-state index is -0.575. The Balaban J connectivity index is 0.000000258. The third kappa shape index (κ3) is 10.1. The summed E-state index contributed by atoms with van der Waals surface area (Å²) in [6.45, 7) is 6.50. The van der Waals surface area contributed by atoms with Crippen molar-refractivity contribution in [3.05, 3.63) is 47.5 Å². The van der Waals surface area contributed by atoms with E-state index in [2.05, 4.69) is 29.1 Å². The van der Waals surface area contributed by atoms with E-state index in [0.29, 0.717) is 22.5 Å². The van der Waals surface area contributed by atoms with E-state index in [1.807, 2.05) is 21.0 Å². The number of halogens is 2. The van der Waals surface area contributed by atoms with Gasteiger partial charge < -0.3 is 20.1 Å². The summed E-state index contributed by atoms with van der Waals surface area (Å²) >= 11 is 5.76. The number of benzene rings is 2. The van der Waals surface area contributed by atoms with Crippen molar-refractivity contribution in [2.24, 2.45) is 11.8 Å². The second-order valence-electron chi connectivity index (χ2n) is 10.5. The molecule has 1 aliphatic rings. The van der Waals surface area contributed by atoms with Gasteiger partial charge in [0.15, 0.2) is 17.3 Å². The number of unbranched alkanes of at least 4 members (excludes halogenated alkanes) is 1. The smallest absolute Gasteiger partial charge is 0.224 e. The summed E-state index contributed by atoms with van der Waals surface area (Å²) in [6.07, 6.45) is 12.1. The fourth-order valence-electron chi connectivity index (χ4n) is 4.44. The lowest BCUT2D eigenvalue weighted by molar-refractivity contribution is -0.132. The SMILES string of the molecule is CC1CCCCC1.CCCC[C@@H](C)C(=O)N(C)C.COc1cc2ncnc(Nc3cccc(Cl)c3F)c2cc1O. The second-order valence-corrected chi connectivity index (χ2v) is 10.9. The number of carbonyl (C=O) groups is 1. The summed E-state index contributed by atoms with van der Waals surface area (Å²) in [4.78, 5) is 21.1. The zero-order valence-corrected chi connectivity index (χ0v) is 25.4.